The fraction of sp³-hybridized carbons (Fsp3) is 0.533. The highest BCUT2D eigenvalue weighted by Gasteiger charge is 2.26. The zero-order valence-electron chi connectivity index (χ0n) is 11.6. The highest BCUT2D eigenvalue weighted by molar-refractivity contribution is 5.72. The van der Waals surface area contributed by atoms with E-state index in [1.807, 2.05) is 18.2 Å². The highest BCUT2D eigenvalue weighted by atomic mass is 16.5. The van der Waals surface area contributed by atoms with Gasteiger partial charge in [0.15, 0.2) is 0 Å². The number of hydrogen-bond acceptors (Lipinski definition) is 4. The van der Waals surface area contributed by atoms with Gasteiger partial charge in [0.05, 0.1) is 20.1 Å². The molecule has 0 aromatic heterocycles. The minimum Gasteiger partial charge on any atom is -0.496 e. The summed E-state index contributed by atoms with van der Waals surface area (Å²) in [7, 11) is 3.15. The van der Waals surface area contributed by atoms with E-state index in [0.717, 1.165) is 43.8 Å². The molecule has 1 aliphatic heterocycles. The van der Waals surface area contributed by atoms with Crippen molar-refractivity contribution < 1.29 is 14.3 Å². The van der Waals surface area contributed by atoms with Gasteiger partial charge in [-0.3, -0.25) is 9.69 Å². The predicted molar refractivity (Wildman–Crippen MR) is 73.0 cm³/mol. The SMILES string of the molecule is COC(=O)C1CCCN(Cc2ccccc2OC)C1. The minimum absolute atomic E-state index is 0.00783. The van der Waals surface area contributed by atoms with Gasteiger partial charge in [-0.25, -0.2) is 0 Å². The lowest BCUT2D eigenvalue weighted by Crippen LogP contribution is -2.38. The molecule has 4 nitrogen and oxygen atoms in total. The van der Waals surface area contributed by atoms with E-state index in [1.165, 1.54) is 7.11 Å². The van der Waals surface area contributed by atoms with Crippen LogP contribution in [0.25, 0.3) is 0 Å². The summed E-state index contributed by atoms with van der Waals surface area (Å²) in [5, 5.41) is 0. The van der Waals surface area contributed by atoms with Gasteiger partial charge in [0.25, 0.3) is 0 Å². The number of nitrogens with zero attached hydrogens (tertiary/aromatic N) is 1. The second kappa shape index (κ2) is 6.57. The molecule has 19 heavy (non-hydrogen) atoms. The zero-order chi connectivity index (χ0) is 13.7. The second-order valence-corrected chi connectivity index (χ2v) is 4.91. The van der Waals surface area contributed by atoms with Gasteiger partial charge in [0.1, 0.15) is 5.75 Å². The predicted octanol–water partition coefficient (Wildman–Crippen LogP) is 2.08. The molecule has 1 fully saturated rings. The Bertz CT molecular complexity index is 433. The molecule has 1 atom stereocenters. The molecule has 0 N–H and O–H groups in total. The normalized spacial score (nSPS) is 20.0. The first kappa shape index (κ1) is 13.9. The molecular weight excluding hydrogens is 242 g/mol. The van der Waals surface area contributed by atoms with E-state index in [9.17, 15) is 4.79 Å². The van der Waals surface area contributed by atoms with Crippen LogP contribution in [-0.2, 0) is 16.1 Å². The Balaban J connectivity index is 2.00. The van der Waals surface area contributed by atoms with Gasteiger partial charge in [-0.05, 0) is 25.5 Å². The maximum absolute atomic E-state index is 11.6. The smallest absolute Gasteiger partial charge is 0.309 e. The van der Waals surface area contributed by atoms with Crippen LogP contribution in [0.15, 0.2) is 24.3 Å². The Morgan fingerprint density at radius 2 is 2.16 bits per heavy atom. The molecule has 1 heterocycles. The third-order valence-corrected chi connectivity index (χ3v) is 3.63. The van der Waals surface area contributed by atoms with Crippen molar-refractivity contribution in [2.24, 2.45) is 5.92 Å². The van der Waals surface area contributed by atoms with Gasteiger partial charge in [-0.2, -0.15) is 0 Å². The summed E-state index contributed by atoms with van der Waals surface area (Å²) in [6.45, 7) is 2.60. The van der Waals surface area contributed by atoms with E-state index in [0.29, 0.717) is 0 Å². The average molecular weight is 263 g/mol. The number of rotatable bonds is 4. The molecule has 4 heteroatoms. The number of benzene rings is 1. The molecule has 1 saturated heterocycles. The average Bonchev–Trinajstić information content (AvgIpc) is 2.47. The number of ether oxygens (including phenoxy) is 2. The summed E-state index contributed by atoms with van der Waals surface area (Å²) in [6, 6.07) is 8.02. The number of piperidine rings is 1. The van der Waals surface area contributed by atoms with Gasteiger partial charge in [0, 0.05) is 18.7 Å². The molecular formula is C15H21NO3. The molecule has 1 unspecified atom stereocenters. The van der Waals surface area contributed by atoms with E-state index in [2.05, 4.69) is 11.0 Å². The number of hydrogen-bond donors (Lipinski definition) is 0. The lowest BCUT2D eigenvalue weighted by molar-refractivity contribution is -0.147. The molecule has 1 aliphatic rings. The van der Waals surface area contributed by atoms with Gasteiger partial charge < -0.3 is 9.47 Å². The number of esters is 1. The Kier molecular flexibility index (Phi) is 4.80. The van der Waals surface area contributed by atoms with Crippen molar-refractivity contribution in [2.45, 2.75) is 19.4 Å². The number of likely N-dealkylation sites (tertiary alicyclic amines) is 1. The summed E-state index contributed by atoms with van der Waals surface area (Å²) < 4.78 is 10.2. The summed E-state index contributed by atoms with van der Waals surface area (Å²) in [4.78, 5) is 13.9. The molecule has 104 valence electrons. The third-order valence-electron chi connectivity index (χ3n) is 3.63. The van der Waals surface area contributed by atoms with Crippen LogP contribution in [-0.4, -0.2) is 38.2 Å². The van der Waals surface area contributed by atoms with E-state index in [4.69, 9.17) is 9.47 Å². The zero-order valence-corrected chi connectivity index (χ0v) is 11.6. The third kappa shape index (κ3) is 3.47. The van der Waals surface area contributed by atoms with Crippen LogP contribution in [0.4, 0.5) is 0 Å². The number of carbonyl (C=O) groups excluding carboxylic acids is 1. The Hall–Kier alpha value is -1.55. The first-order valence-corrected chi connectivity index (χ1v) is 6.66. The Morgan fingerprint density at radius 3 is 2.89 bits per heavy atom. The Labute approximate surface area is 114 Å². The summed E-state index contributed by atoms with van der Waals surface area (Å²) in [6.07, 6.45) is 1.96. The van der Waals surface area contributed by atoms with E-state index in [-0.39, 0.29) is 11.9 Å². The molecule has 0 aliphatic carbocycles. The van der Waals surface area contributed by atoms with Crippen LogP contribution >= 0.6 is 0 Å². The molecule has 0 saturated carbocycles. The second-order valence-electron chi connectivity index (χ2n) is 4.91. The maximum atomic E-state index is 11.6. The van der Waals surface area contributed by atoms with Crippen LogP contribution in [0, 0.1) is 5.92 Å². The van der Waals surface area contributed by atoms with Crippen LogP contribution < -0.4 is 4.74 Å². The molecule has 0 radical (unpaired) electrons. The van der Waals surface area contributed by atoms with Crippen molar-refractivity contribution in [3.8, 4) is 5.75 Å². The van der Waals surface area contributed by atoms with E-state index >= 15 is 0 Å². The lowest BCUT2D eigenvalue weighted by atomic mass is 9.97. The molecule has 1 aromatic rings. The van der Waals surface area contributed by atoms with Crippen molar-refractivity contribution in [1.82, 2.24) is 4.90 Å². The minimum atomic E-state index is -0.0928. The molecule has 0 spiro atoms. The molecule has 2 rings (SSSR count). The molecule has 1 aromatic carbocycles. The number of carbonyl (C=O) groups is 1. The number of para-hydroxylation sites is 1. The van der Waals surface area contributed by atoms with Gasteiger partial charge in [-0.1, -0.05) is 18.2 Å². The van der Waals surface area contributed by atoms with E-state index in [1.54, 1.807) is 7.11 Å². The quantitative estimate of drug-likeness (QED) is 0.780. The largest absolute Gasteiger partial charge is 0.496 e. The van der Waals surface area contributed by atoms with Crippen molar-refractivity contribution in [1.29, 1.82) is 0 Å². The lowest BCUT2D eigenvalue weighted by Gasteiger charge is -2.31. The summed E-state index contributed by atoms with van der Waals surface area (Å²) in [5.74, 6) is 0.820. The van der Waals surface area contributed by atoms with Crippen molar-refractivity contribution in [3.05, 3.63) is 29.8 Å². The van der Waals surface area contributed by atoms with E-state index < -0.39 is 0 Å². The standard InChI is InChI=1S/C15H21NO3/c1-18-14-8-4-3-6-12(14)10-16-9-5-7-13(11-16)15(17)19-2/h3-4,6,8,13H,5,7,9-11H2,1-2H3. The summed E-state index contributed by atoms with van der Waals surface area (Å²) in [5.41, 5.74) is 1.16. The monoisotopic (exact) mass is 263 g/mol. The van der Waals surface area contributed by atoms with Crippen molar-refractivity contribution in [2.75, 3.05) is 27.3 Å². The molecule has 0 amide bonds. The molecule has 0 bridgehead atoms. The van der Waals surface area contributed by atoms with Crippen molar-refractivity contribution >= 4 is 5.97 Å². The fourth-order valence-electron chi connectivity index (χ4n) is 2.63. The van der Waals surface area contributed by atoms with Crippen molar-refractivity contribution in [3.63, 3.8) is 0 Å². The van der Waals surface area contributed by atoms with Crippen LogP contribution in [0.2, 0.25) is 0 Å². The van der Waals surface area contributed by atoms with Crippen LogP contribution in [0.5, 0.6) is 5.75 Å². The van der Waals surface area contributed by atoms with Crippen LogP contribution in [0.3, 0.4) is 0 Å². The topological polar surface area (TPSA) is 38.8 Å². The fourth-order valence-corrected chi connectivity index (χ4v) is 2.63. The summed E-state index contributed by atoms with van der Waals surface area (Å²) >= 11 is 0. The Morgan fingerprint density at radius 1 is 1.37 bits per heavy atom. The highest BCUT2D eigenvalue weighted by Crippen LogP contribution is 2.23. The maximum Gasteiger partial charge on any atom is 0.309 e. The van der Waals surface area contributed by atoms with Gasteiger partial charge >= 0.3 is 5.97 Å². The first-order chi connectivity index (χ1) is 9.24. The van der Waals surface area contributed by atoms with Gasteiger partial charge in [-0.15, -0.1) is 0 Å². The number of methoxy groups -OCH3 is 2. The first-order valence-electron chi connectivity index (χ1n) is 6.66. The van der Waals surface area contributed by atoms with Crippen LogP contribution in [0.1, 0.15) is 18.4 Å². The van der Waals surface area contributed by atoms with Gasteiger partial charge in [0.2, 0.25) is 0 Å².